The minimum atomic E-state index is 0.598. The largest absolute Gasteiger partial charge is 0.371 e. The molecule has 2 rings (SSSR count). The molecule has 0 aliphatic carbocycles. The molecule has 0 heterocycles. The van der Waals surface area contributed by atoms with Gasteiger partial charge in [0.25, 0.3) is 0 Å². The minimum absolute atomic E-state index is 0.598. The fraction of sp³-hybridized carbons (Fsp3) is 0.375. The van der Waals surface area contributed by atoms with Crippen LogP contribution in [0.4, 0.5) is 5.69 Å². The highest BCUT2D eigenvalue weighted by molar-refractivity contribution is 5.96. The Morgan fingerprint density at radius 3 is 2.33 bits per heavy atom. The first-order chi connectivity index (χ1) is 8.81. The van der Waals surface area contributed by atoms with Gasteiger partial charge in [-0.05, 0) is 30.4 Å². The highest BCUT2D eigenvalue weighted by Gasteiger charge is 2.09. The van der Waals surface area contributed by atoms with Gasteiger partial charge in [0.2, 0.25) is 0 Å². The normalized spacial score (nSPS) is 10.8. The van der Waals surface area contributed by atoms with Crippen LogP contribution in [-0.4, -0.2) is 13.1 Å². The van der Waals surface area contributed by atoms with Crippen LogP contribution in [0.15, 0.2) is 36.4 Å². The molecule has 0 fully saturated rings. The lowest BCUT2D eigenvalue weighted by molar-refractivity contribution is 0.794. The molecule has 0 aliphatic rings. The quantitative estimate of drug-likeness (QED) is 0.869. The van der Waals surface area contributed by atoms with Gasteiger partial charge in [0.05, 0.1) is 0 Å². The molecule has 18 heavy (non-hydrogen) atoms. The number of hydrogen-bond donors (Lipinski definition) is 1. The van der Waals surface area contributed by atoms with Crippen molar-refractivity contribution in [3.63, 3.8) is 0 Å². The maximum absolute atomic E-state index is 5.82. The Morgan fingerprint density at radius 2 is 1.72 bits per heavy atom. The van der Waals surface area contributed by atoms with Crippen LogP contribution < -0.4 is 10.6 Å². The number of benzene rings is 2. The van der Waals surface area contributed by atoms with Gasteiger partial charge in [-0.25, -0.2) is 0 Å². The summed E-state index contributed by atoms with van der Waals surface area (Å²) in [6.45, 7) is 7.17. The summed E-state index contributed by atoms with van der Waals surface area (Å²) in [5.74, 6) is 0. The van der Waals surface area contributed by atoms with Crippen LogP contribution in [0, 0.1) is 0 Å². The number of hydrogen-bond acceptors (Lipinski definition) is 2. The lowest BCUT2D eigenvalue weighted by atomic mass is 10.0. The number of rotatable bonds is 5. The fourth-order valence-electron chi connectivity index (χ4n) is 2.52. The number of nitrogens with two attached hydrogens (primary N) is 1. The summed E-state index contributed by atoms with van der Waals surface area (Å²) in [6.07, 6.45) is 1.17. The topological polar surface area (TPSA) is 29.3 Å². The van der Waals surface area contributed by atoms with Crippen molar-refractivity contribution < 1.29 is 0 Å². The van der Waals surface area contributed by atoms with E-state index in [1.54, 1.807) is 0 Å². The number of nitrogens with zero attached hydrogens (tertiary/aromatic N) is 1. The Labute approximate surface area is 109 Å². The standard InChI is InChI=1S/C16H22N2/c1-3-11-18(4-2)16-10-9-13(12-17)14-7-5-6-8-15(14)16/h5-10H,3-4,11-12,17H2,1-2H3. The van der Waals surface area contributed by atoms with Gasteiger partial charge >= 0.3 is 0 Å². The minimum Gasteiger partial charge on any atom is -0.371 e. The van der Waals surface area contributed by atoms with Gasteiger partial charge in [0.15, 0.2) is 0 Å². The van der Waals surface area contributed by atoms with Crippen molar-refractivity contribution in [3.05, 3.63) is 42.0 Å². The summed E-state index contributed by atoms with van der Waals surface area (Å²) in [4.78, 5) is 2.43. The van der Waals surface area contributed by atoms with Gasteiger partial charge in [0, 0.05) is 30.7 Å². The predicted octanol–water partition coefficient (Wildman–Crippen LogP) is 3.53. The lowest BCUT2D eigenvalue weighted by Gasteiger charge is -2.24. The summed E-state index contributed by atoms with van der Waals surface area (Å²) in [5, 5.41) is 2.60. The van der Waals surface area contributed by atoms with Gasteiger partial charge < -0.3 is 10.6 Å². The smallest absolute Gasteiger partial charge is 0.0446 e. The fourth-order valence-corrected chi connectivity index (χ4v) is 2.52. The molecule has 2 N–H and O–H groups in total. The SMILES string of the molecule is CCCN(CC)c1ccc(CN)c2ccccc12. The average molecular weight is 242 g/mol. The number of anilines is 1. The van der Waals surface area contributed by atoms with E-state index in [9.17, 15) is 0 Å². The molecular formula is C16H22N2. The second-order valence-electron chi connectivity index (χ2n) is 4.57. The number of fused-ring (bicyclic) bond motifs is 1. The van der Waals surface area contributed by atoms with Crippen molar-refractivity contribution in [2.45, 2.75) is 26.8 Å². The van der Waals surface area contributed by atoms with E-state index in [0.717, 1.165) is 13.1 Å². The second kappa shape index (κ2) is 5.87. The Hall–Kier alpha value is -1.54. The Bertz CT molecular complexity index is 519. The van der Waals surface area contributed by atoms with Crippen molar-refractivity contribution in [2.24, 2.45) is 5.73 Å². The van der Waals surface area contributed by atoms with Crippen molar-refractivity contribution in [1.29, 1.82) is 0 Å². The zero-order valence-corrected chi connectivity index (χ0v) is 11.3. The lowest BCUT2D eigenvalue weighted by Crippen LogP contribution is -2.23. The van der Waals surface area contributed by atoms with E-state index in [0.29, 0.717) is 6.54 Å². The maximum atomic E-state index is 5.82. The molecule has 0 saturated carbocycles. The van der Waals surface area contributed by atoms with Crippen LogP contribution in [0.5, 0.6) is 0 Å². The molecular weight excluding hydrogens is 220 g/mol. The van der Waals surface area contributed by atoms with E-state index in [1.807, 2.05) is 0 Å². The Morgan fingerprint density at radius 1 is 1.00 bits per heavy atom. The molecule has 0 atom stereocenters. The molecule has 0 unspecified atom stereocenters. The molecule has 0 aliphatic heterocycles. The molecule has 2 heteroatoms. The average Bonchev–Trinajstić information content (AvgIpc) is 2.44. The van der Waals surface area contributed by atoms with Gasteiger partial charge in [-0.15, -0.1) is 0 Å². The van der Waals surface area contributed by atoms with Gasteiger partial charge in [-0.1, -0.05) is 37.3 Å². The molecule has 0 bridgehead atoms. The zero-order valence-electron chi connectivity index (χ0n) is 11.3. The Kier molecular flexibility index (Phi) is 4.21. The van der Waals surface area contributed by atoms with Crippen LogP contribution in [0.1, 0.15) is 25.8 Å². The van der Waals surface area contributed by atoms with Gasteiger partial charge in [-0.3, -0.25) is 0 Å². The molecule has 0 amide bonds. The Balaban J connectivity index is 2.58. The molecule has 0 spiro atoms. The third kappa shape index (κ3) is 2.34. The van der Waals surface area contributed by atoms with E-state index in [2.05, 4.69) is 55.1 Å². The van der Waals surface area contributed by atoms with E-state index >= 15 is 0 Å². The monoisotopic (exact) mass is 242 g/mol. The van der Waals surface area contributed by atoms with E-state index in [4.69, 9.17) is 5.73 Å². The van der Waals surface area contributed by atoms with Crippen LogP contribution in [0.25, 0.3) is 10.8 Å². The molecule has 2 aromatic rings. The predicted molar refractivity (Wildman–Crippen MR) is 80.0 cm³/mol. The molecule has 2 aromatic carbocycles. The first-order valence-electron chi connectivity index (χ1n) is 6.77. The molecule has 96 valence electrons. The van der Waals surface area contributed by atoms with E-state index in [1.165, 1.54) is 28.4 Å². The maximum Gasteiger partial charge on any atom is 0.0446 e. The van der Waals surface area contributed by atoms with Crippen molar-refractivity contribution >= 4 is 16.5 Å². The zero-order chi connectivity index (χ0) is 13.0. The third-order valence-electron chi connectivity index (χ3n) is 3.43. The summed E-state index contributed by atoms with van der Waals surface area (Å²) >= 11 is 0. The first kappa shape index (κ1) is 12.9. The molecule has 2 nitrogen and oxygen atoms in total. The molecule has 0 radical (unpaired) electrons. The molecule has 0 saturated heterocycles. The van der Waals surface area contributed by atoms with E-state index in [-0.39, 0.29) is 0 Å². The first-order valence-corrected chi connectivity index (χ1v) is 6.77. The summed E-state index contributed by atoms with van der Waals surface area (Å²) in [5.41, 5.74) is 8.37. The second-order valence-corrected chi connectivity index (χ2v) is 4.57. The summed E-state index contributed by atoms with van der Waals surface area (Å²) in [6, 6.07) is 12.9. The van der Waals surface area contributed by atoms with Gasteiger partial charge in [-0.2, -0.15) is 0 Å². The highest BCUT2D eigenvalue weighted by Crippen LogP contribution is 2.29. The highest BCUT2D eigenvalue weighted by atomic mass is 15.1. The van der Waals surface area contributed by atoms with Gasteiger partial charge in [0.1, 0.15) is 0 Å². The summed E-state index contributed by atoms with van der Waals surface area (Å²) < 4.78 is 0. The summed E-state index contributed by atoms with van der Waals surface area (Å²) in [7, 11) is 0. The molecule has 0 aromatic heterocycles. The van der Waals surface area contributed by atoms with Crippen LogP contribution in [0.3, 0.4) is 0 Å². The van der Waals surface area contributed by atoms with Crippen molar-refractivity contribution in [3.8, 4) is 0 Å². The van der Waals surface area contributed by atoms with Crippen LogP contribution in [-0.2, 0) is 6.54 Å². The van der Waals surface area contributed by atoms with Crippen LogP contribution in [0.2, 0.25) is 0 Å². The van der Waals surface area contributed by atoms with Crippen molar-refractivity contribution in [1.82, 2.24) is 0 Å². The van der Waals surface area contributed by atoms with E-state index < -0.39 is 0 Å². The third-order valence-corrected chi connectivity index (χ3v) is 3.43. The van der Waals surface area contributed by atoms with Crippen LogP contribution >= 0.6 is 0 Å². The van der Waals surface area contributed by atoms with Crippen molar-refractivity contribution in [2.75, 3.05) is 18.0 Å².